The van der Waals surface area contributed by atoms with Gasteiger partial charge in [0, 0.05) is 0 Å². The normalized spacial score (nSPS) is 23.7. The van der Waals surface area contributed by atoms with Gasteiger partial charge in [0.15, 0.2) is 11.7 Å². The standard InChI is InChI=1S/C32H25N3O2/c33-21-26(31-34-27(22-13-5-1-6-14-22)29(36-31)24-17-9-3-10-18-24)32-35-28(23-15-7-2-8-16-23)30(37-32)25-19-11-4-12-20-25/h1-20,27-30,34H. The van der Waals surface area contributed by atoms with E-state index in [-0.39, 0.29) is 35.8 Å². The van der Waals surface area contributed by atoms with E-state index in [1.54, 1.807) is 0 Å². The highest BCUT2D eigenvalue weighted by Gasteiger charge is 2.40. The summed E-state index contributed by atoms with van der Waals surface area (Å²) in [6, 6.07) is 42.1. The second-order valence-corrected chi connectivity index (χ2v) is 9.04. The molecule has 0 radical (unpaired) electrons. The summed E-state index contributed by atoms with van der Waals surface area (Å²) in [5, 5.41) is 13.8. The van der Waals surface area contributed by atoms with E-state index in [1.807, 2.05) is 109 Å². The van der Waals surface area contributed by atoms with E-state index in [9.17, 15) is 5.26 Å². The zero-order valence-electron chi connectivity index (χ0n) is 20.1. The molecule has 1 fully saturated rings. The third kappa shape index (κ3) is 4.46. The van der Waals surface area contributed by atoms with Crippen LogP contribution in [0.5, 0.6) is 0 Å². The summed E-state index contributed by atoms with van der Waals surface area (Å²) in [5.74, 6) is 0.665. The van der Waals surface area contributed by atoms with Crippen LogP contribution >= 0.6 is 0 Å². The SMILES string of the molecule is N#CC(C1=NC(c2ccccc2)C(c2ccccc2)O1)=C1NC(c2ccccc2)C(c2ccccc2)O1. The van der Waals surface area contributed by atoms with Gasteiger partial charge in [-0.15, -0.1) is 0 Å². The van der Waals surface area contributed by atoms with Gasteiger partial charge in [-0.1, -0.05) is 121 Å². The van der Waals surface area contributed by atoms with Crippen molar-refractivity contribution in [3.8, 4) is 6.07 Å². The van der Waals surface area contributed by atoms with Gasteiger partial charge in [0.2, 0.25) is 11.8 Å². The molecule has 5 nitrogen and oxygen atoms in total. The van der Waals surface area contributed by atoms with E-state index < -0.39 is 0 Å². The fourth-order valence-electron chi connectivity index (χ4n) is 4.92. The average Bonchev–Trinajstić information content (AvgIpc) is 3.61. The molecule has 4 aromatic rings. The molecule has 2 heterocycles. The highest BCUT2D eigenvalue weighted by Crippen LogP contribution is 2.44. The Morgan fingerprint density at radius 3 is 1.65 bits per heavy atom. The van der Waals surface area contributed by atoms with Crippen LogP contribution in [0.4, 0.5) is 0 Å². The monoisotopic (exact) mass is 483 g/mol. The third-order valence-corrected chi connectivity index (χ3v) is 6.72. The first-order chi connectivity index (χ1) is 18.3. The minimum atomic E-state index is -0.348. The van der Waals surface area contributed by atoms with Crippen LogP contribution in [0.25, 0.3) is 0 Å². The van der Waals surface area contributed by atoms with Gasteiger partial charge in [0.1, 0.15) is 18.2 Å². The summed E-state index contributed by atoms with van der Waals surface area (Å²) in [7, 11) is 0. The maximum atomic E-state index is 10.3. The van der Waals surface area contributed by atoms with Crippen molar-refractivity contribution in [1.29, 1.82) is 5.26 Å². The summed E-state index contributed by atoms with van der Waals surface area (Å²) in [6.07, 6.45) is -0.655. The van der Waals surface area contributed by atoms with Crippen LogP contribution in [-0.2, 0) is 9.47 Å². The third-order valence-electron chi connectivity index (χ3n) is 6.72. The molecule has 2 aliphatic rings. The van der Waals surface area contributed by atoms with Crippen molar-refractivity contribution in [2.45, 2.75) is 24.3 Å². The highest BCUT2D eigenvalue weighted by molar-refractivity contribution is 5.99. The highest BCUT2D eigenvalue weighted by atomic mass is 16.5. The molecule has 4 atom stereocenters. The molecular weight excluding hydrogens is 458 g/mol. The predicted octanol–water partition coefficient (Wildman–Crippen LogP) is 6.74. The van der Waals surface area contributed by atoms with E-state index in [1.165, 1.54) is 0 Å². The minimum Gasteiger partial charge on any atom is -0.467 e. The number of benzene rings is 4. The van der Waals surface area contributed by atoms with Crippen molar-refractivity contribution in [2.75, 3.05) is 0 Å². The molecule has 2 aliphatic heterocycles. The summed E-state index contributed by atoms with van der Waals surface area (Å²) < 4.78 is 12.9. The number of hydrogen-bond donors (Lipinski definition) is 1. The van der Waals surface area contributed by atoms with Crippen LogP contribution in [0.1, 0.15) is 46.5 Å². The number of nitrogens with one attached hydrogen (secondary N) is 1. The Bertz CT molecular complexity index is 1410. The zero-order chi connectivity index (χ0) is 25.0. The number of aliphatic imine (C=N–C) groups is 1. The van der Waals surface area contributed by atoms with Crippen LogP contribution in [-0.4, -0.2) is 5.90 Å². The lowest BCUT2D eigenvalue weighted by Gasteiger charge is -2.18. The largest absolute Gasteiger partial charge is 0.467 e. The van der Waals surface area contributed by atoms with Gasteiger partial charge in [0.05, 0.1) is 6.04 Å². The molecule has 0 amide bonds. The molecule has 0 spiro atoms. The first kappa shape index (κ1) is 22.6. The predicted molar refractivity (Wildman–Crippen MR) is 142 cm³/mol. The van der Waals surface area contributed by atoms with Crippen molar-refractivity contribution in [3.63, 3.8) is 0 Å². The van der Waals surface area contributed by atoms with Crippen molar-refractivity contribution in [3.05, 3.63) is 155 Å². The summed E-state index contributed by atoms with van der Waals surface area (Å²) in [6.45, 7) is 0. The van der Waals surface area contributed by atoms with Gasteiger partial charge in [-0.3, -0.25) is 0 Å². The van der Waals surface area contributed by atoms with Crippen molar-refractivity contribution in [2.24, 2.45) is 4.99 Å². The Hall–Kier alpha value is -4.82. The van der Waals surface area contributed by atoms with Crippen molar-refractivity contribution in [1.82, 2.24) is 5.32 Å². The first-order valence-corrected chi connectivity index (χ1v) is 12.3. The molecule has 1 saturated heterocycles. The lowest BCUT2D eigenvalue weighted by atomic mass is 9.97. The van der Waals surface area contributed by atoms with Gasteiger partial charge in [-0.2, -0.15) is 5.26 Å². The van der Waals surface area contributed by atoms with Gasteiger partial charge in [-0.25, -0.2) is 4.99 Å². The fourth-order valence-corrected chi connectivity index (χ4v) is 4.92. The van der Waals surface area contributed by atoms with Gasteiger partial charge in [0.25, 0.3) is 0 Å². The van der Waals surface area contributed by atoms with Crippen LogP contribution < -0.4 is 5.32 Å². The Morgan fingerprint density at radius 1 is 0.622 bits per heavy atom. The molecule has 1 N–H and O–H groups in total. The number of ether oxygens (including phenoxy) is 2. The molecule has 4 unspecified atom stereocenters. The molecule has 4 aromatic carbocycles. The second-order valence-electron chi connectivity index (χ2n) is 9.04. The quantitative estimate of drug-likeness (QED) is 0.320. The van der Waals surface area contributed by atoms with Crippen LogP contribution in [0.2, 0.25) is 0 Å². The Kier molecular flexibility index (Phi) is 6.14. The Balaban J connectivity index is 1.40. The number of hydrogen-bond acceptors (Lipinski definition) is 5. The fraction of sp³-hybridized carbons (Fsp3) is 0.125. The Morgan fingerprint density at radius 2 is 1.11 bits per heavy atom. The van der Waals surface area contributed by atoms with E-state index in [0.717, 1.165) is 22.3 Å². The number of nitriles is 1. The molecule has 0 saturated carbocycles. The summed E-state index contributed by atoms with van der Waals surface area (Å²) >= 11 is 0. The molecule has 37 heavy (non-hydrogen) atoms. The summed E-state index contributed by atoms with van der Waals surface area (Å²) in [4.78, 5) is 4.92. The van der Waals surface area contributed by atoms with E-state index in [0.29, 0.717) is 5.88 Å². The molecule has 0 aromatic heterocycles. The first-order valence-electron chi connectivity index (χ1n) is 12.3. The maximum absolute atomic E-state index is 10.3. The van der Waals surface area contributed by atoms with Crippen LogP contribution in [0, 0.1) is 11.3 Å². The van der Waals surface area contributed by atoms with E-state index in [2.05, 4.69) is 23.5 Å². The van der Waals surface area contributed by atoms with Crippen LogP contribution in [0.3, 0.4) is 0 Å². The molecule has 180 valence electrons. The van der Waals surface area contributed by atoms with Crippen molar-refractivity contribution >= 4 is 5.90 Å². The molecule has 0 aliphatic carbocycles. The van der Waals surface area contributed by atoms with Crippen molar-refractivity contribution < 1.29 is 9.47 Å². The second kappa shape index (κ2) is 10.0. The lowest BCUT2D eigenvalue weighted by molar-refractivity contribution is 0.149. The van der Waals surface area contributed by atoms with Gasteiger partial charge in [-0.05, 0) is 22.3 Å². The van der Waals surface area contributed by atoms with Gasteiger partial charge >= 0.3 is 0 Å². The topological polar surface area (TPSA) is 66.6 Å². The van der Waals surface area contributed by atoms with Crippen LogP contribution in [0.15, 0.2) is 138 Å². The maximum Gasteiger partial charge on any atom is 0.234 e. The smallest absolute Gasteiger partial charge is 0.234 e. The summed E-state index contributed by atoms with van der Waals surface area (Å²) in [5.41, 5.74) is 4.39. The molecular formula is C32H25N3O2. The van der Waals surface area contributed by atoms with E-state index >= 15 is 0 Å². The Labute approximate surface area is 216 Å². The molecule has 0 bridgehead atoms. The molecule has 6 rings (SSSR count). The van der Waals surface area contributed by atoms with E-state index in [4.69, 9.17) is 14.5 Å². The molecule has 5 heteroatoms. The minimum absolute atomic E-state index is 0.168. The number of rotatable bonds is 5. The van der Waals surface area contributed by atoms with Gasteiger partial charge < -0.3 is 14.8 Å². The average molecular weight is 484 g/mol. The zero-order valence-corrected chi connectivity index (χ0v) is 20.1. The lowest BCUT2D eigenvalue weighted by Crippen LogP contribution is -2.18. The number of nitrogens with zero attached hydrogens (tertiary/aromatic N) is 2.